The fourth-order valence-corrected chi connectivity index (χ4v) is 2.15. The number of nitrogens with one attached hydrogen (secondary N) is 1. The summed E-state index contributed by atoms with van der Waals surface area (Å²) in [5, 5.41) is 12.0. The number of benzene rings is 2. The molecular weight excluding hydrogens is 294 g/mol. The zero-order valence-electron chi connectivity index (χ0n) is 13.3. The number of rotatable bonds is 3. The third-order valence-electron chi connectivity index (χ3n) is 3.01. The van der Waals surface area contributed by atoms with Crippen LogP contribution in [0.3, 0.4) is 0 Å². The van der Waals surface area contributed by atoms with Crippen molar-refractivity contribution in [3.63, 3.8) is 0 Å². The van der Waals surface area contributed by atoms with Crippen molar-refractivity contribution in [2.75, 3.05) is 5.32 Å². The largest absolute Gasteiger partial charge is 0.478 e. The van der Waals surface area contributed by atoms with Gasteiger partial charge >= 0.3 is 12.1 Å². The number of ether oxygens (including phenoxy) is 1. The number of carbonyl (C=O) groups excluding carboxylic acids is 1. The zero-order chi connectivity index (χ0) is 17.0. The maximum absolute atomic E-state index is 12.0. The number of amides is 1. The Kier molecular flexibility index (Phi) is 4.69. The summed E-state index contributed by atoms with van der Waals surface area (Å²) in [6.45, 7) is 5.33. The van der Waals surface area contributed by atoms with Crippen molar-refractivity contribution in [2.24, 2.45) is 0 Å². The number of anilines is 1. The van der Waals surface area contributed by atoms with Gasteiger partial charge in [0.25, 0.3) is 0 Å². The Morgan fingerprint density at radius 1 is 0.957 bits per heavy atom. The predicted molar refractivity (Wildman–Crippen MR) is 88.7 cm³/mol. The van der Waals surface area contributed by atoms with Crippen LogP contribution in [0.25, 0.3) is 11.1 Å². The van der Waals surface area contributed by atoms with Crippen molar-refractivity contribution in [1.29, 1.82) is 0 Å². The second kappa shape index (κ2) is 6.52. The minimum absolute atomic E-state index is 0.172. The lowest BCUT2D eigenvalue weighted by molar-refractivity contribution is 0.0634. The van der Waals surface area contributed by atoms with Crippen molar-refractivity contribution >= 4 is 17.7 Å². The second-order valence-electron chi connectivity index (χ2n) is 6.02. The molecule has 2 aromatic rings. The van der Waals surface area contributed by atoms with Crippen molar-refractivity contribution in [3.8, 4) is 11.1 Å². The van der Waals surface area contributed by atoms with Gasteiger partial charge in [0.15, 0.2) is 0 Å². The van der Waals surface area contributed by atoms with E-state index in [1.165, 1.54) is 6.07 Å². The Balaban J connectivity index is 2.39. The minimum atomic E-state index is -1.02. The van der Waals surface area contributed by atoms with Crippen LogP contribution < -0.4 is 5.32 Å². The van der Waals surface area contributed by atoms with Gasteiger partial charge in [-0.15, -0.1) is 0 Å². The average Bonchev–Trinajstić information content (AvgIpc) is 2.45. The van der Waals surface area contributed by atoms with E-state index < -0.39 is 17.7 Å². The molecule has 2 rings (SSSR count). The molecule has 0 bridgehead atoms. The molecule has 2 aromatic carbocycles. The Bertz CT molecular complexity index is 732. The summed E-state index contributed by atoms with van der Waals surface area (Å²) in [6, 6.07) is 13.7. The van der Waals surface area contributed by atoms with Gasteiger partial charge < -0.3 is 9.84 Å². The first kappa shape index (κ1) is 16.5. The van der Waals surface area contributed by atoms with E-state index in [1.54, 1.807) is 63.2 Å². The third kappa shape index (κ3) is 4.32. The van der Waals surface area contributed by atoms with Gasteiger partial charge in [-0.25, -0.2) is 9.59 Å². The summed E-state index contributed by atoms with van der Waals surface area (Å²) in [6.07, 6.45) is -0.585. The monoisotopic (exact) mass is 313 g/mol. The third-order valence-corrected chi connectivity index (χ3v) is 3.01. The van der Waals surface area contributed by atoms with Gasteiger partial charge in [-0.1, -0.05) is 36.4 Å². The van der Waals surface area contributed by atoms with Crippen molar-refractivity contribution < 1.29 is 19.4 Å². The van der Waals surface area contributed by atoms with Crippen LogP contribution in [-0.2, 0) is 4.74 Å². The highest BCUT2D eigenvalue weighted by Gasteiger charge is 2.19. The highest BCUT2D eigenvalue weighted by atomic mass is 16.6. The summed E-state index contributed by atoms with van der Waals surface area (Å²) >= 11 is 0. The van der Waals surface area contributed by atoms with E-state index in [1.807, 2.05) is 0 Å². The first-order chi connectivity index (χ1) is 10.8. The van der Waals surface area contributed by atoms with E-state index in [2.05, 4.69) is 5.32 Å². The molecule has 0 aliphatic carbocycles. The first-order valence-corrected chi connectivity index (χ1v) is 7.19. The fourth-order valence-electron chi connectivity index (χ4n) is 2.15. The summed E-state index contributed by atoms with van der Waals surface area (Å²) in [4.78, 5) is 23.4. The highest BCUT2D eigenvalue weighted by molar-refractivity contribution is 6.00. The van der Waals surface area contributed by atoms with E-state index in [0.29, 0.717) is 16.8 Å². The molecule has 0 aliphatic heterocycles. The number of hydrogen-bond donors (Lipinski definition) is 2. The number of carbonyl (C=O) groups is 2. The van der Waals surface area contributed by atoms with Crippen LogP contribution in [-0.4, -0.2) is 22.8 Å². The van der Waals surface area contributed by atoms with Crippen LogP contribution in [0.15, 0.2) is 48.5 Å². The Morgan fingerprint density at radius 2 is 1.52 bits per heavy atom. The molecule has 120 valence electrons. The van der Waals surface area contributed by atoms with E-state index in [4.69, 9.17) is 4.74 Å². The van der Waals surface area contributed by atoms with Gasteiger partial charge in [0.05, 0.1) is 11.3 Å². The molecule has 0 aliphatic rings. The standard InChI is InChI=1S/C18H19NO4/c1-18(2,3)23-17(22)19-15-11-7-6-9-13(15)12-8-4-5-10-14(12)16(20)21/h4-11H,1-3H3,(H,19,22)(H,20,21). The van der Waals surface area contributed by atoms with Crippen LogP contribution in [0.4, 0.5) is 10.5 Å². The molecular formula is C18H19NO4. The van der Waals surface area contributed by atoms with Gasteiger partial charge in [0, 0.05) is 5.56 Å². The second-order valence-corrected chi connectivity index (χ2v) is 6.02. The highest BCUT2D eigenvalue weighted by Crippen LogP contribution is 2.31. The number of aromatic carboxylic acids is 1. The molecule has 0 fully saturated rings. The molecule has 2 N–H and O–H groups in total. The summed E-state index contributed by atoms with van der Waals surface area (Å²) in [7, 11) is 0. The number of para-hydroxylation sites is 1. The molecule has 0 saturated carbocycles. The van der Waals surface area contributed by atoms with Crippen LogP contribution >= 0.6 is 0 Å². The first-order valence-electron chi connectivity index (χ1n) is 7.19. The number of carboxylic acid groups (broad SMARTS) is 1. The van der Waals surface area contributed by atoms with E-state index in [-0.39, 0.29) is 5.56 Å². The quantitative estimate of drug-likeness (QED) is 0.880. The minimum Gasteiger partial charge on any atom is -0.478 e. The lowest BCUT2D eigenvalue weighted by Gasteiger charge is -2.20. The van der Waals surface area contributed by atoms with E-state index in [0.717, 1.165) is 0 Å². The summed E-state index contributed by atoms with van der Waals surface area (Å²) < 4.78 is 5.24. The number of hydrogen-bond acceptors (Lipinski definition) is 3. The molecule has 0 atom stereocenters. The summed E-state index contributed by atoms with van der Waals surface area (Å²) in [5.74, 6) is -1.02. The van der Waals surface area contributed by atoms with E-state index >= 15 is 0 Å². The van der Waals surface area contributed by atoms with Gasteiger partial charge in [-0.2, -0.15) is 0 Å². The van der Waals surface area contributed by atoms with Gasteiger partial charge in [0.1, 0.15) is 5.60 Å². The van der Waals surface area contributed by atoms with Crippen LogP contribution in [0, 0.1) is 0 Å². The molecule has 0 unspecified atom stereocenters. The fraction of sp³-hybridized carbons (Fsp3) is 0.222. The molecule has 0 saturated heterocycles. The Morgan fingerprint density at radius 3 is 2.13 bits per heavy atom. The maximum atomic E-state index is 12.0. The molecule has 5 heteroatoms. The van der Waals surface area contributed by atoms with Crippen molar-refractivity contribution in [2.45, 2.75) is 26.4 Å². The molecule has 0 spiro atoms. The average molecular weight is 313 g/mol. The summed E-state index contributed by atoms with van der Waals surface area (Å²) in [5.41, 5.74) is 1.21. The lowest BCUT2D eigenvalue weighted by atomic mass is 9.98. The van der Waals surface area contributed by atoms with Crippen molar-refractivity contribution in [1.82, 2.24) is 0 Å². The Labute approximate surface area is 134 Å². The van der Waals surface area contributed by atoms with E-state index in [9.17, 15) is 14.7 Å². The Hall–Kier alpha value is -2.82. The van der Waals surface area contributed by atoms with Gasteiger partial charge in [0.2, 0.25) is 0 Å². The SMILES string of the molecule is CC(C)(C)OC(=O)Nc1ccccc1-c1ccccc1C(=O)O. The van der Waals surface area contributed by atoms with Crippen molar-refractivity contribution in [3.05, 3.63) is 54.1 Å². The normalized spacial score (nSPS) is 10.9. The van der Waals surface area contributed by atoms with Gasteiger partial charge in [-0.3, -0.25) is 5.32 Å². The molecule has 1 amide bonds. The molecule has 5 nitrogen and oxygen atoms in total. The van der Waals surface area contributed by atoms with Crippen LogP contribution in [0.1, 0.15) is 31.1 Å². The molecule has 0 aromatic heterocycles. The number of carboxylic acids is 1. The van der Waals surface area contributed by atoms with Gasteiger partial charge in [-0.05, 0) is 38.5 Å². The maximum Gasteiger partial charge on any atom is 0.412 e. The molecule has 0 radical (unpaired) electrons. The predicted octanol–water partition coefficient (Wildman–Crippen LogP) is 4.40. The zero-order valence-corrected chi connectivity index (χ0v) is 13.3. The lowest BCUT2D eigenvalue weighted by Crippen LogP contribution is -2.27. The topological polar surface area (TPSA) is 75.6 Å². The molecule has 23 heavy (non-hydrogen) atoms. The molecule has 0 heterocycles. The van der Waals surface area contributed by atoms with Crippen LogP contribution in [0.5, 0.6) is 0 Å². The smallest absolute Gasteiger partial charge is 0.412 e. The van der Waals surface area contributed by atoms with Crippen LogP contribution in [0.2, 0.25) is 0 Å².